The van der Waals surface area contributed by atoms with Crippen LogP contribution in [0.3, 0.4) is 0 Å². The van der Waals surface area contributed by atoms with Crippen molar-refractivity contribution in [3.63, 3.8) is 0 Å². The van der Waals surface area contributed by atoms with Crippen LogP contribution in [-0.4, -0.2) is 20.7 Å². The molecule has 1 amide bonds. The molecule has 1 atom stereocenters. The van der Waals surface area contributed by atoms with Gasteiger partial charge in [0.1, 0.15) is 0 Å². The summed E-state index contributed by atoms with van der Waals surface area (Å²) in [5, 5.41) is 13.4. The fourth-order valence-electron chi connectivity index (χ4n) is 2.67. The quantitative estimate of drug-likeness (QED) is 0.501. The van der Waals surface area contributed by atoms with Crippen LogP contribution in [0.4, 0.5) is 0 Å². The highest BCUT2D eigenvalue weighted by Gasteiger charge is 2.22. The third-order valence-corrected chi connectivity index (χ3v) is 5.64. The second-order valence-electron chi connectivity index (χ2n) is 6.19. The molecular weight excluding hydrogens is 415 g/mol. The second kappa shape index (κ2) is 9.45. The Morgan fingerprint density at radius 1 is 1.18 bits per heavy atom. The minimum absolute atomic E-state index is 0.0530. The SMILES string of the molecule is CCC(=O)NC(C)c1nnc(SCc2ccccc2)n1-c1ccc(Cl)cc1Cl. The molecule has 0 aliphatic carbocycles. The number of hydrogen-bond donors (Lipinski definition) is 1. The number of amides is 1. The zero-order chi connectivity index (χ0) is 20.1. The summed E-state index contributed by atoms with van der Waals surface area (Å²) in [4.78, 5) is 11.9. The number of nitrogens with one attached hydrogen (secondary N) is 1. The topological polar surface area (TPSA) is 59.8 Å². The van der Waals surface area contributed by atoms with Crippen molar-refractivity contribution in [2.45, 2.75) is 37.2 Å². The summed E-state index contributed by atoms with van der Waals surface area (Å²) in [7, 11) is 0. The maximum atomic E-state index is 11.9. The minimum atomic E-state index is -0.322. The molecule has 5 nitrogen and oxygen atoms in total. The van der Waals surface area contributed by atoms with Gasteiger partial charge in [-0.05, 0) is 30.7 Å². The molecule has 8 heteroatoms. The third-order valence-electron chi connectivity index (χ3n) is 4.11. The number of carbonyl (C=O) groups is 1. The van der Waals surface area contributed by atoms with E-state index in [1.165, 1.54) is 5.56 Å². The number of halogens is 2. The Morgan fingerprint density at radius 3 is 2.61 bits per heavy atom. The highest BCUT2D eigenvalue weighted by atomic mass is 35.5. The van der Waals surface area contributed by atoms with Crippen molar-refractivity contribution < 1.29 is 4.79 Å². The van der Waals surface area contributed by atoms with E-state index in [1.54, 1.807) is 23.9 Å². The van der Waals surface area contributed by atoms with Gasteiger partial charge in [-0.15, -0.1) is 10.2 Å². The molecule has 1 unspecified atom stereocenters. The van der Waals surface area contributed by atoms with Crippen molar-refractivity contribution in [2.75, 3.05) is 0 Å². The molecule has 0 spiro atoms. The standard InChI is InChI=1S/C20H20Cl2N4OS/c1-3-18(27)23-13(2)19-24-25-20(28-12-14-7-5-4-6-8-14)26(19)17-10-9-15(21)11-16(17)22/h4-11,13H,3,12H2,1-2H3,(H,23,27). The first kappa shape index (κ1) is 20.7. The lowest BCUT2D eigenvalue weighted by Gasteiger charge is -2.17. The van der Waals surface area contributed by atoms with Gasteiger partial charge in [-0.2, -0.15) is 0 Å². The molecule has 0 saturated carbocycles. The summed E-state index contributed by atoms with van der Waals surface area (Å²) in [6, 6.07) is 15.1. The van der Waals surface area contributed by atoms with Crippen LogP contribution in [0.15, 0.2) is 53.7 Å². The third kappa shape index (κ3) is 4.87. The van der Waals surface area contributed by atoms with Crippen molar-refractivity contribution >= 4 is 40.9 Å². The van der Waals surface area contributed by atoms with Gasteiger partial charge in [0.2, 0.25) is 5.91 Å². The lowest BCUT2D eigenvalue weighted by Crippen LogP contribution is -2.27. The monoisotopic (exact) mass is 434 g/mol. The van der Waals surface area contributed by atoms with Crippen LogP contribution >= 0.6 is 35.0 Å². The van der Waals surface area contributed by atoms with E-state index in [4.69, 9.17) is 23.2 Å². The van der Waals surface area contributed by atoms with Gasteiger partial charge >= 0.3 is 0 Å². The van der Waals surface area contributed by atoms with Crippen LogP contribution in [0.1, 0.15) is 37.7 Å². The maximum Gasteiger partial charge on any atom is 0.220 e. The van der Waals surface area contributed by atoms with Crippen LogP contribution in [0, 0.1) is 0 Å². The van der Waals surface area contributed by atoms with Gasteiger partial charge < -0.3 is 5.32 Å². The van der Waals surface area contributed by atoms with Gasteiger partial charge in [0.05, 0.1) is 16.8 Å². The molecule has 1 N–H and O–H groups in total. The average Bonchev–Trinajstić information content (AvgIpc) is 3.11. The van der Waals surface area contributed by atoms with E-state index in [0.717, 1.165) is 11.4 Å². The molecule has 0 fully saturated rings. The molecule has 0 radical (unpaired) electrons. The summed E-state index contributed by atoms with van der Waals surface area (Å²) in [6.45, 7) is 3.69. The minimum Gasteiger partial charge on any atom is -0.346 e. The van der Waals surface area contributed by atoms with E-state index < -0.39 is 0 Å². The van der Waals surface area contributed by atoms with Crippen LogP contribution < -0.4 is 5.32 Å². The Bertz CT molecular complexity index is 962. The molecule has 0 aliphatic rings. The van der Waals surface area contributed by atoms with E-state index >= 15 is 0 Å². The van der Waals surface area contributed by atoms with Crippen molar-refractivity contribution in [2.24, 2.45) is 0 Å². The highest BCUT2D eigenvalue weighted by molar-refractivity contribution is 7.98. The van der Waals surface area contributed by atoms with Gasteiger partial charge in [-0.3, -0.25) is 9.36 Å². The molecule has 146 valence electrons. The zero-order valence-electron chi connectivity index (χ0n) is 15.5. The normalized spacial score (nSPS) is 12.0. The van der Waals surface area contributed by atoms with Crippen molar-refractivity contribution in [3.8, 4) is 5.69 Å². The smallest absolute Gasteiger partial charge is 0.220 e. The number of aromatic nitrogens is 3. The van der Waals surface area contributed by atoms with Gasteiger partial charge in [0.15, 0.2) is 11.0 Å². The molecule has 1 heterocycles. The van der Waals surface area contributed by atoms with E-state index in [-0.39, 0.29) is 11.9 Å². The molecule has 0 bridgehead atoms. The highest BCUT2D eigenvalue weighted by Crippen LogP contribution is 2.32. The second-order valence-corrected chi connectivity index (χ2v) is 7.98. The lowest BCUT2D eigenvalue weighted by atomic mass is 10.2. The van der Waals surface area contributed by atoms with E-state index in [0.29, 0.717) is 27.4 Å². The molecule has 2 aromatic carbocycles. The number of carbonyl (C=O) groups excluding carboxylic acids is 1. The van der Waals surface area contributed by atoms with Crippen molar-refractivity contribution in [3.05, 3.63) is 70.0 Å². The largest absolute Gasteiger partial charge is 0.346 e. The average molecular weight is 435 g/mol. The summed E-state index contributed by atoms with van der Waals surface area (Å²) in [6.07, 6.45) is 0.399. The molecule has 3 rings (SSSR count). The number of nitrogens with zero attached hydrogens (tertiary/aromatic N) is 3. The predicted molar refractivity (Wildman–Crippen MR) is 114 cm³/mol. The maximum absolute atomic E-state index is 11.9. The molecule has 28 heavy (non-hydrogen) atoms. The van der Waals surface area contributed by atoms with Crippen LogP contribution in [0.5, 0.6) is 0 Å². The van der Waals surface area contributed by atoms with Crippen LogP contribution in [0.2, 0.25) is 10.0 Å². The first-order chi connectivity index (χ1) is 13.5. The molecule has 1 aromatic heterocycles. The Labute approximate surface area is 178 Å². The Hall–Kier alpha value is -2.02. The summed E-state index contributed by atoms with van der Waals surface area (Å²) < 4.78 is 1.88. The molecule has 0 aliphatic heterocycles. The van der Waals surface area contributed by atoms with Gasteiger partial charge in [0, 0.05) is 17.2 Å². The Morgan fingerprint density at radius 2 is 1.93 bits per heavy atom. The van der Waals surface area contributed by atoms with Gasteiger partial charge in [0.25, 0.3) is 0 Å². The van der Waals surface area contributed by atoms with E-state index in [1.807, 2.05) is 42.7 Å². The van der Waals surface area contributed by atoms with Gasteiger partial charge in [-0.1, -0.05) is 72.2 Å². The first-order valence-corrected chi connectivity index (χ1v) is 10.6. The first-order valence-electron chi connectivity index (χ1n) is 8.86. The van der Waals surface area contributed by atoms with Crippen molar-refractivity contribution in [1.82, 2.24) is 20.1 Å². The Kier molecular flexibility index (Phi) is 6.99. The number of benzene rings is 2. The number of thioether (sulfide) groups is 1. The van der Waals surface area contributed by atoms with Crippen molar-refractivity contribution in [1.29, 1.82) is 0 Å². The number of rotatable bonds is 7. The summed E-state index contributed by atoms with van der Waals surface area (Å²) in [5.41, 5.74) is 1.90. The lowest BCUT2D eigenvalue weighted by molar-refractivity contribution is -0.121. The molecule has 0 saturated heterocycles. The molecular formula is C20H20Cl2N4OS. The summed E-state index contributed by atoms with van der Waals surface area (Å²) >= 11 is 14.1. The fraction of sp³-hybridized carbons (Fsp3) is 0.250. The number of hydrogen-bond acceptors (Lipinski definition) is 4. The fourth-order valence-corrected chi connectivity index (χ4v) is 4.08. The van der Waals surface area contributed by atoms with Crippen LogP contribution in [0.25, 0.3) is 5.69 Å². The van der Waals surface area contributed by atoms with E-state index in [9.17, 15) is 4.79 Å². The zero-order valence-corrected chi connectivity index (χ0v) is 17.9. The molecule has 3 aromatic rings. The van der Waals surface area contributed by atoms with Gasteiger partial charge in [-0.25, -0.2) is 0 Å². The predicted octanol–water partition coefficient (Wildman–Crippen LogP) is 5.45. The summed E-state index contributed by atoms with van der Waals surface area (Å²) in [5.74, 6) is 1.30. The Balaban J connectivity index is 1.98. The van der Waals surface area contributed by atoms with Crippen LogP contribution in [-0.2, 0) is 10.5 Å². The van der Waals surface area contributed by atoms with E-state index in [2.05, 4.69) is 27.6 Å².